The van der Waals surface area contributed by atoms with Crippen LogP contribution in [-0.2, 0) is 4.79 Å². The smallest absolute Gasteiger partial charge is 0.229 e. The van der Waals surface area contributed by atoms with Crippen LogP contribution in [0.1, 0.15) is 112 Å². The molecule has 0 aliphatic heterocycles. The maximum absolute atomic E-state index is 13.0. The fourth-order valence-electron chi connectivity index (χ4n) is 9.76. The van der Waals surface area contributed by atoms with Gasteiger partial charge in [-0.05, 0) is 117 Å². The minimum absolute atomic E-state index is 0.176. The van der Waals surface area contributed by atoms with E-state index in [0.717, 1.165) is 54.1 Å². The average Bonchev–Trinajstić information content (AvgIpc) is 3.26. The molecule has 0 radical (unpaired) electrons. The Hall–Kier alpha value is -1.22. The summed E-state index contributed by atoms with van der Waals surface area (Å²) in [6, 6.07) is 9.75. The number of para-hydroxylation sites is 1. The van der Waals surface area contributed by atoms with Crippen LogP contribution in [0.4, 0.5) is 0 Å². The summed E-state index contributed by atoms with van der Waals surface area (Å²) in [5.74, 6) is 6.03. The summed E-state index contributed by atoms with van der Waals surface area (Å²) >= 11 is 1.55. The quantitative estimate of drug-likeness (QED) is 0.286. The predicted molar refractivity (Wildman–Crippen MR) is 166 cm³/mol. The Morgan fingerprint density at radius 1 is 0.974 bits per heavy atom. The third-order valence-electron chi connectivity index (χ3n) is 11.9. The molecule has 1 aromatic rings. The van der Waals surface area contributed by atoms with Gasteiger partial charge in [0.1, 0.15) is 5.75 Å². The van der Waals surface area contributed by atoms with Crippen molar-refractivity contribution in [2.45, 2.75) is 124 Å². The zero-order valence-corrected chi connectivity index (χ0v) is 26.4. The molecule has 2 nitrogen and oxygen atoms in total. The van der Waals surface area contributed by atoms with E-state index in [-0.39, 0.29) is 5.12 Å². The Balaban J connectivity index is 1.21. The molecule has 0 unspecified atom stereocenters. The minimum Gasteiger partial charge on any atom is -0.482 e. The summed E-state index contributed by atoms with van der Waals surface area (Å²) in [7, 11) is 0. The van der Waals surface area contributed by atoms with E-state index in [1.54, 1.807) is 17.3 Å². The number of fused-ring (bicyclic) bond motifs is 5. The highest BCUT2D eigenvalue weighted by Crippen LogP contribution is 2.67. The fraction of sp³-hybridized carbons (Fsp3) is 0.750. The summed E-state index contributed by atoms with van der Waals surface area (Å²) in [4.78, 5) is 13.0. The molecule has 0 saturated heterocycles. The highest BCUT2D eigenvalue weighted by Gasteiger charge is 2.59. The molecular weight excluding hydrogens is 496 g/mol. The molecule has 0 N–H and O–H groups in total. The molecule has 9 atom stereocenters. The standard InChI is InChI=1S/C36H54O2S/c1-24(2)11-10-12-25(3)31-17-18-32-30-16-15-27-23-29(19-21-35(27,5)33(30)20-22-36(31,32)6)39-34(37)26(4)38-28-13-8-7-9-14-28/h7-9,13-15,24-26,29-33H,10-12,16-23H2,1-6H3/t25-,26-,29-,30+,31-,32+,33+,35-,36+/m0/s1. The predicted octanol–water partition coefficient (Wildman–Crippen LogP) is 10.1. The lowest BCUT2D eigenvalue weighted by Gasteiger charge is -2.58. The summed E-state index contributed by atoms with van der Waals surface area (Å²) in [6.07, 6.45) is 17.0. The first-order chi connectivity index (χ1) is 18.6. The molecule has 216 valence electrons. The average molecular weight is 551 g/mol. The van der Waals surface area contributed by atoms with Gasteiger partial charge in [-0.2, -0.15) is 0 Å². The first-order valence-corrected chi connectivity index (χ1v) is 17.1. The Morgan fingerprint density at radius 3 is 2.49 bits per heavy atom. The molecule has 3 fully saturated rings. The zero-order chi connectivity index (χ0) is 27.8. The second-order valence-corrected chi connectivity index (χ2v) is 16.0. The third kappa shape index (κ3) is 5.91. The van der Waals surface area contributed by atoms with Gasteiger partial charge in [-0.25, -0.2) is 0 Å². The van der Waals surface area contributed by atoms with Gasteiger partial charge in [-0.15, -0.1) is 0 Å². The Morgan fingerprint density at radius 2 is 1.74 bits per heavy atom. The van der Waals surface area contributed by atoms with Crippen LogP contribution >= 0.6 is 11.8 Å². The maximum Gasteiger partial charge on any atom is 0.229 e. The Bertz CT molecular complexity index is 1020. The van der Waals surface area contributed by atoms with E-state index in [4.69, 9.17) is 4.74 Å². The van der Waals surface area contributed by atoms with E-state index in [1.165, 1.54) is 57.8 Å². The summed E-state index contributed by atoms with van der Waals surface area (Å²) < 4.78 is 5.94. The number of hydrogen-bond acceptors (Lipinski definition) is 3. The van der Waals surface area contributed by atoms with Crippen molar-refractivity contribution < 1.29 is 9.53 Å². The second-order valence-electron chi connectivity index (χ2n) is 14.7. The van der Waals surface area contributed by atoms with Gasteiger partial charge >= 0.3 is 0 Å². The summed E-state index contributed by atoms with van der Waals surface area (Å²) in [5, 5.41) is 0.571. The number of benzene rings is 1. The molecule has 0 spiro atoms. The summed E-state index contributed by atoms with van der Waals surface area (Å²) in [6.45, 7) is 14.5. The van der Waals surface area contributed by atoms with E-state index >= 15 is 0 Å². The van der Waals surface area contributed by atoms with Gasteiger partial charge in [-0.3, -0.25) is 4.79 Å². The first kappa shape index (κ1) is 29.3. The van der Waals surface area contributed by atoms with Crippen LogP contribution < -0.4 is 4.74 Å². The van der Waals surface area contributed by atoms with Gasteiger partial charge in [-0.1, -0.05) is 95.5 Å². The van der Waals surface area contributed by atoms with Crippen molar-refractivity contribution in [2.24, 2.45) is 46.3 Å². The number of thioether (sulfide) groups is 1. The van der Waals surface area contributed by atoms with Crippen LogP contribution in [0.25, 0.3) is 0 Å². The van der Waals surface area contributed by atoms with Gasteiger partial charge in [0.25, 0.3) is 0 Å². The van der Waals surface area contributed by atoms with E-state index in [1.807, 2.05) is 37.3 Å². The van der Waals surface area contributed by atoms with Crippen LogP contribution in [-0.4, -0.2) is 16.5 Å². The number of rotatable bonds is 9. The van der Waals surface area contributed by atoms with Crippen molar-refractivity contribution in [1.29, 1.82) is 0 Å². The third-order valence-corrected chi connectivity index (χ3v) is 13.2. The maximum atomic E-state index is 13.0. The minimum atomic E-state index is -0.408. The van der Waals surface area contributed by atoms with Crippen LogP contribution in [0.2, 0.25) is 0 Å². The number of carbonyl (C=O) groups is 1. The number of allylic oxidation sites excluding steroid dienone is 2. The van der Waals surface area contributed by atoms with Gasteiger partial charge in [0.05, 0.1) is 0 Å². The van der Waals surface area contributed by atoms with Crippen molar-refractivity contribution in [3.05, 3.63) is 42.0 Å². The summed E-state index contributed by atoms with van der Waals surface area (Å²) in [5.41, 5.74) is 2.57. The van der Waals surface area contributed by atoms with Gasteiger partial charge in [0.2, 0.25) is 5.12 Å². The lowest BCUT2D eigenvalue weighted by atomic mass is 9.47. The lowest BCUT2D eigenvalue weighted by Crippen LogP contribution is -2.50. The molecule has 3 heteroatoms. The monoisotopic (exact) mass is 550 g/mol. The molecule has 39 heavy (non-hydrogen) atoms. The second kappa shape index (κ2) is 11.9. The van der Waals surface area contributed by atoms with E-state index in [0.29, 0.717) is 16.1 Å². The first-order valence-electron chi connectivity index (χ1n) is 16.2. The molecule has 4 aliphatic rings. The SMILES string of the molecule is CC(C)CCC[C@H](C)[C@@H]1CC[C@@H]2[C@H]3CC=C4C[C@@H](SC(=O)[C@H](C)Oc5ccccc5)CC[C@]4(C)[C@@H]3CC[C@@]21C. The number of carbonyl (C=O) groups excluding carboxylic acids is 1. The number of ether oxygens (including phenoxy) is 1. The van der Waals surface area contributed by atoms with Crippen molar-refractivity contribution in [3.63, 3.8) is 0 Å². The number of hydrogen-bond donors (Lipinski definition) is 0. The molecule has 4 aliphatic carbocycles. The van der Waals surface area contributed by atoms with Crippen LogP contribution in [0, 0.1) is 46.3 Å². The van der Waals surface area contributed by atoms with E-state index < -0.39 is 6.10 Å². The van der Waals surface area contributed by atoms with Crippen molar-refractivity contribution in [3.8, 4) is 5.75 Å². The fourth-order valence-corrected chi connectivity index (χ4v) is 10.8. The van der Waals surface area contributed by atoms with Crippen molar-refractivity contribution >= 4 is 16.9 Å². The molecule has 0 aromatic heterocycles. The van der Waals surface area contributed by atoms with Crippen molar-refractivity contribution in [2.75, 3.05) is 0 Å². The molecule has 0 amide bonds. The lowest BCUT2D eigenvalue weighted by molar-refractivity contribution is -0.116. The highest BCUT2D eigenvalue weighted by atomic mass is 32.2. The molecule has 0 heterocycles. The van der Waals surface area contributed by atoms with Gasteiger partial charge in [0.15, 0.2) is 6.10 Å². The van der Waals surface area contributed by atoms with Crippen molar-refractivity contribution in [1.82, 2.24) is 0 Å². The topological polar surface area (TPSA) is 26.3 Å². The van der Waals surface area contributed by atoms with E-state index in [9.17, 15) is 4.79 Å². The Kier molecular flexibility index (Phi) is 8.97. The normalized spacial score (nSPS) is 37.3. The van der Waals surface area contributed by atoms with Gasteiger partial charge < -0.3 is 4.74 Å². The zero-order valence-electron chi connectivity index (χ0n) is 25.6. The molecule has 5 rings (SSSR count). The van der Waals surface area contributed by atoms with E-state index in [2.05, 4.69) is 40.7 Å². The highest BCUT2D eigenvalue weighted by molar-refractivity contribution is 8.14. The molecular formula is C36H54O2S. The molecule has 1 aromatic carbocycles. The van der Waals surface area contributed by atoms with Crippen LogP contribution in [0.15, 0.2) is 42.0 Å². The largest absolute Gasteiger partial charge is 0.482 e. The van der Waals surface area contributed by atoms with Gasteiger partial charge in [0, 0.05) is 5.25 Å². The molecule has 3 saturated carbocycles. The Labute approximate surface area is 243 Å². The molecule has 0 bridgehead atoms. The van der Waals surface area contributed by atoms with Crippen LogP contribution in [0.3, 0.4) is 0 Å². The van der Waals surface area contributed by atoms with Crippen LogP contribution in [0.5, 0.6) is 5.75 Å².